The number of ether oxygens (including phenoxy) is 1. The fraction of sp³-hybridized carbons (Fsp3) is 0.360. The van der Waals surface area contributed by atoms with Gasteiger partial charge in [-0.15, -0.1) is 0 Å². The van der Waals surface area contributed by atoms with Crippen molar-refractivity contribution in [1.29, 1.82) is 0 Å². The van der Waals surface area contributed by atoms with Crippen molar-refractivity contribution in [3.8, 4) is 0 Å². The van der Waals surface area contributed by atoms with Crippen LogP contribution in [0.1, 0.15) is 53.7 Å². The van der Waals surface area contributed by atoms with Crippen molar-refractivity contribution in [2.75, 3.05) is 0 Å². The molecule has 0 aliphatic heterocycles. The third-order valence-electron chi connectivity index (χ3n) is 6.44. The molecule has 0 saturated heterocycles. The van der Waals surface area contributed by atoms with E-state index < -0.39 is 0 Å². The minimum Gasteiger partial charge on any atom is -0.458 e. The topological polar surface area (TPSA) is 43.6 Å². The average Bonchev–Trinajstić information content (AvgIpc) is 3.37. The summed E-state index contributed by atoms with van der Waals surface area (Å²) >= 11 is 0. The van der Waals surface area contributed by atoms with E-state index in [1.54, 1.807) is 0 Å². The van der Waals surface area contributed by atoms with Crippen molar-refractivity contribution < 1.29 is 9.53 Å². The number of carbonyl (C=O) groups excluding carboxylic acids is 1. The normalized spacial score (nSPS) is 17.7. The molecule has 2 heterocycles. The molecule has 5 rings (SSSR count). The van der Waals surface area contributed by atoms with Gasteiger partial charge in [-0.25, -0.2) is 9.78 Å². The molecule has 29 heavy (non-hydrogen) atoms. The van der Waals surface area contributed by atoms with Crippen LogP contribution in [0.15, 0.2) is 55.0 Å². The Kier molecular flexibility index (Phi) is 4.92. The Hall–Kier alpha value is -2.88. The van der Waals surface area contributed by atoms with Gasteiger partial charge in [-0.2, -0.15) is 0 Å². The summed E-state index contributed by atoms with van der Waals surface area (Å²) in [7, 11) is 0. The van der Waals surface area contributed by atoms with E-state index in [-0.39, 0.29) is 12.1 Å². The van der Waals surface area contributed by atoms with Crippen molar-refractivity contribution in [2.45, 2.75) is 51.0 Å². The number of rotatable bonds is 5. The highest BCUT2D eigenvalue weighted by molar-refractivity contribution is 5.89. The van der Waals surface area contributed by atoms with Gasteiger partial charge < -0.3 is 9.14 Å². The van der Waals surface area contributed by atoms with E-state index in [1.165, 1.54) is 35.7 Å². The third kappa shape index (κ3) is 3.48. The maximum Gasteiger partial charge on any atom is 0.338 e. The highest BCUT2D eigenvalue weighted by Gasteiger charge is 2.30. The lowest BCUT2D eigenvalue weighted by Crippen LogP contribution is -2.31. The van der Waals surface area contributed by atoms with Crippen LogP contribution in [0.3, 0.4) is 0 Å². The molecule has 0 N–H and O–H groups in total. The number of hydrogen-bond acceptors (Lipinski definition) is 3. The molecule has 2 aliphatic rings. The van der Waals surface area contributed by atoms with Crippen molar-refractivity contribution in [2.24, 2.45) is 5.92 Å². The average molecular weight is 386 g/mol. The zero-order chi connectivity index (χ0) is 19.6. The van der Waals surface area contributed by atoms with E-state index >= 15 is 0 Å². The molecule has 2 aliphatic carbocycles. The van der Waals surface area contributed by atoms with E-state index in [2.05, 4.69) is 27.6 Å². The quantitative estimate of drug-likeness (QED) is 0.614. The molecule has 1 unspecified atom stereocenters. The highest BCUT2D eigenvalue weighted by Crippen LogP contribution is 2.31. The Morgan fingerprint density at radius 3 is 2.83 bits per heavy atom. The van der Waals surface area contributed by atoms with E-state index in [0.29, 0.717) is 11.5 Å². The van der Waals surface area contributed by atoms with Crippen LogP contribution in [-0.4, -0.2) is 21.5 Å². The number of allylic oxidation sites excluding steroid dienone is 2. The van der Waals surface area contributed by atoms with Crippen LogP contribution in [0.2, 0.25) is 0 Å². The number of nitrogens with zero attached hydrogens (tertiary/aromatic N) is 2. The van der Waals surface area contributed by atoms with Gasteiger partial charge in [0.25, 0.3) is 0 Å². The number of imidazole rings is 1. The van der Waals surface area contributed by atoms with Gasteiger partial charge in [0.15, 0.2) is 0 Å². The molecular weight excluding hydrogens is 360 g/mol. The van der Waals surface area contributed by atoms with Crippen LogP contribution in [-0.2, 0) is 17.6 Å². The lowest BCUT2D eigenvalue weighted by Gasteiger charge is -2.30. The summed E-state index contributed by atoms with van der Waals surface area (Å²) in [5.74, 6) is 0.207. The van der Waals surface area contributed by atoms with Crippen LogP contribution in [0, 0.1) is 5.92 Å². The molecule has 0 radical (unpaired) electrons. The molecule has 4 nitrogen and oxygen atoms in total. The molecule has 1 fully saturated rings. The Morgan fingerprint density at radius 1 is 1.17 bits per heavy atom. The van der Waals surface area contributed by atoms with Gasteiger partial charge in [0.05, 0.1) is 23.6 Å². The Balaban J connectivity index is 1.48. The van der Waals surface area contributed by atoms with Gasteiger partial charge in [0.1, 0.15) is 6.10 Å². The van der Waals surface area contributed by atoms with Crippen molar-refractivity contribution >= 4 is 17.6 Å². The molecule has 148 valence electrons. The first-order chi connectivity index (χ1) is 14.3. The van der Waals surface area contributed by atoms with E-state index in [9.17, 15) is 4.79 Å². The first-order valence-electron chi connectivity index (χ1n) is 10.7. The molecule has 2 aromatic heterocycles. The summed E-state index contributed by atoms with van der Waals surface area (Å²) in [5, 5.41) is 1.26. The second-order valence-electron chi connectivity index (χ2n) is 8.20. The SMILES string of the molecule is O=C(OC(Cc1c2c(c3cncn13)=CC=CC2)C1CCCCC1)c1ccccc1. The summed E-state index contributed by atoms with van der Waals surface area (Å²) < 4.78 is 8.36. The minimum absolute atomic E-state index is 0.106. The standard InChI is InChI=1S/C25H26N2O2/c28-25(19-11-5-2-6-12-19)29-24(18-9-3-1-4-10-18)15-22-20-13-7-8-14-21(20)23-16-26-17-27(22)23/h2,5-8,11-12,14,16-18,24H,1,3-4,9-10,13,15H2. The maximum absolute atomic E-state index is 12.9. The smallest absolute Gasteiger partial charge is 0.338 e. The van der Waals surface area contributed by atoms with Gasteiger partial charge in [-0.3, -0.25) is 0 Å². The lowest BCUT2D eigenvalue weighted by molar-refractivity contribution is 0.00749. The number of hydrogen-bond donors (Lipinski definition) is 0. The highest BCUT2D eigenvalue weighted by atomic mass is 16.5. The second-order valence-corrected chi connectivity index (χ2v) is 8.20. The Bertz CT molecular complexity index is 1090. The Morgan fingerprint density at radius 2 is 2.00 bits per heavy atom. The summed E-state index contributed by atoms with van der Waals surface area (Å²) in [6.07, 6.45) is 17.9. The summed E-state index contributed by atoms with van der Waals surface area (Å²) in [6, 6.07) is 9.36. The molecular formula is C25H26N2O2. The van der Waals surface area contributed by atoms with Crippen LogP contribution < -0.4 is 5.22 Å². The summed E-state index contributed by atoms with van der Waals surface area (Å²) in [4.78, 5) is 17.2. The molecule has 1 atom stereocenters. The molecule has 0 bridgehead atoms. The fourth-order valence-electron chi connectivity index (χ4n) is 4.93. The predicted octanol–water partition coefficient (Wildman–Crippen LogP) is 4.29. The summed E-state index contributed by atoms with van der Waals surface area (Å²) in [6.45, 7) is 0. The molecule has 0 spiro atoms. The lowest BCUT2D eigenvalue weighted by atomic mass is 9.83. The van der Waals surface area contributed by atoms with E-state index in [0.717, 1.165) is 31.2 Å². The van der Waals surface area contributed by atoms with Crippen molar-refractivity contribution in [1.82, 2.24) is 9.38 Å². The first kappa shape index (κ1) is 18.2. The molecule has 1 saturated carbocycles. The van der Waals surface area contributed by atoms with E-state index in [1.807, 2.05) is 42.9 Å². The van der Waals surface area contributed by atoms with Crippen molar-refractivity contribution in [3.63, 3.8) is 0 Å². The number of esters is 1. The van der Waals surface area contributed by atoms with Gasteiger partial charge >= 0.3 is 5.97 Å². The maximum atomic E-state index is 12.9. The Labute approximate surface area is 170 Å². The van der Waals surface area contributed by atoms with Gasteiger partial charge in [0.2, 0.25) is 0 Å². The zero-order valence-corrected chi connectivity index (χ0v) is 16.6. The second kappa shape index (κ2) is 7.86. The molecule has 1 aromatic carbocycles. The number of benzene rings is 1. The third-order valence-corrected chi connectivity index (χ3v) is 6.44. The largest absolute Gasteiger partial charge is 0.458 e. The van der Waals surface area contributed by atoms with Crippen LogP contribution in [0.25, 0.3) is 11.6 Å². The summed E-state index contributed by atoms with van der Waals surface area (Å²) in [5.41, 5.74) is 4.36. The van der Waals surface area contributed by atoms with Gasteiger partial charge in [0, 0.05) is 17.3 Å². The monoisotopic (exact) mass is 386 g/mol. The molecule has 3 aromatic rings. The fourth-order valence-corrected chi connectivity index (χ4v) is 4.93. The zero-order valence-electron chi connectivity index (χ0n) is 16.6. The number of fused-ring (bicyclic) bond motifs is 3. The van der Waals surface area contributed by atoms with Crippen LogP contribution in [0.5, 0.6) is 0 Å². The molecule has 4 heteroatoms. The molecule has 0 amide bonds. The predicted molar refractivity (Wildman–Crippen MR) is 114 cm³/mol. The van der Waals surface area contributed by atoms with Crippen molar-refractivity contribution in [3.05, 3.63) is 77.0 Å². The van der Waals surface area contributed by atoms with Gasteiger partial charge in [-0.1, -0.05) is 55.7 Å². The van der Waals surface area contributed by atoms with Crippen LogP contribution >= 0.6 is 0 Å². The van der Waals surface area contributed by atoms with E-state index in [4.69, 9.17) is 4.74 Å². The van der Waals surface area contributed by atoms with Crippen LogP contribution in [0.4, 0.5) is 0 Å². The number of aromatic nitrogens is 2. The van der Waals surface area contributed by atoms with Gasteiger partial charge in [-0.05, 0) is 42.9 Å². The number of carbonyl (C=O) groups is 1. The minimum atomic E-state index is -0.213. The first-order valence-corrected chi connectivity index (χ1v) is 10.7.